The van der Waals surface area contributed by atoms with Crippen LogP contribution in [0.25, 0.3) is 0 Å². The summed E-state index contributed by atoms with van der Waals surface area (Å²) in [6, 6.07) is 2.48. The van der Waals surface area contributed by atoms with Gasteiger partial charge in [0, 0.05) is 28.8 Å². The molecule has 0 aliphatic carbocycles. The molecule has 0 radical (unpaired) electrons. The summed E-state index contributed by atoms with van der Waals surface area (Å²) in [5, 5.41) is 3.36. The first-order chi connectivity index (χ1) is 8.13. The van der Waals surface area contributed by atoms with Crippen LogP contribution in [0.4, 0.5) is 0 Å². The van der Waals surface area contributed by atoms with E-state index in [9.17, 15) is 0 Å². The van der Waals surface area contributed by atoms with Gasteiger partial charge in [0.05, 0.1) is 0 Å². The van der Waals surface area contributed by atoms with Crippen molar-refractivity contribution in [3.63, 3.8) is 0 Å². The summed E-state index contributed by atoms with van der Waals surface area (Å²) in [4.78, 5) is 4.28. The van der Waals surface area contributed by atoms with Gasteiger partial charge in [-0.25, -0.2) is 4.98 Å². The summed E-state index contributed by atoms with van der Waals surface area (Å²) in [6.07, 6.45) is 5.68. The second-order valence-electron chi connectivity index (χ2n) is 4.03. The number of hydrogen-bond donors (Lipinski definition) is 1. The molecule has 1 N–H and O–H groups in total. The predicted octanol–water partition coefficient (Wildman–Crippen LogP) is 3.30. The fourth-order valence-corrected chi connectivity index (χ4v) is 1.64. The molecular weight excluding hydrogens is 280 g/mol. The molecule has 1 rings (SSSR count). The molecule has 0 fully saturated rings. The van der Waals surface area contributed by atoms with Gasteiger partial charge in [-0.05, 0) is 28.9 Å². The molecule has 17 heavy (non-hydrogen) atoms. The lowest BCUT2D eigenvalue weighted by molar-refractivity contribution is 0.342. The summed E-state index contributed by atoms with van der Waals surface area (Å²) in [5.41, 5.74) is 1.07. The van der Waals surface area contributed by atoms with Crippen LogP contribution in [0.3, 0.4) is 0 Å². The Morgan fingerprint density at radius 2 is 2.29 bits per heavy atom. The van der Waals surface area contributed by atoms with E-state index in [4.69, 9.17) is 4.74 Å². The topological polar surface area (TPSA) is 34.1 Å². The van der Waals surface area contributed by atoms with Crippen molar-refractivity contribution in [1.29, 1.82) is 0 Å². The van der Waals surface area contributed by atoms with Gasteiger partial charge in [-0.2, -0.15) is 0 Å². The zero-order valence-corrected chi connectivity index (χ0v) is 12.1. The highest BCUT2D eigenvalue weighted by molar-refractivity contribution is 9.10. The maximum atomic E-state index is 5.61. The zero-order chi connectivity index (χ0) is 12.7. The lowest BCUT2D eigenvalue weighted by Gasteiger charge is -2.12. The minimum Gasteiger partial charge on any atom is -0.473 e. The second-order valence-corrected chi connectivity index (χ2v) is 4.95. The van der Waals surface area contributed by atoms with Crippen molar-refractivity contribution in [2.24, 2.45) is 0 Å². The normalized spacial score (nSPS) is 11.4. The Morgan fingerprint density at radius 1 is 1.53 bits per heavy atom. The molecule has 0 amide bonds. The lowest BCUT2D eigenvalue weighted by Crippen LogP contribution is -2.22. The minimum atomic E-state index is 0.442. The molecule has 0 unspecified atom stereocenters. The summed E-state index contributed by atoms with van der Waals surface area (Å²) in [7, 11) is 0. The molecule has 0 aliphatic rings. The van der Waals surface area contributed by atoms with Crippen LogP contribution in [0.1, 0.15) is 26.3 Å². The molecule has 0 bridgehead atoms. The summed E-state index contributed by atoms with van der Waals surface area (Å²) < 4.78 is 6.58. The van der Waals surface area contributed by atoms with Crippen molar-refractivity contribution < 1.29 is 4.74 Å². The van der Waals surface area contributed by atoms with Crippen LogP contribution in [-0.2, 0) is 6.54 Å². The SMILES string of the molecule is C/C=C/COc1ncc(Br)cc1CNC(C)C. The third kappa shape index (κ3) is 5.33. The van der Waals surface area contributed by atoms with Crippen LogP contribution in [0.2, 0.25) is 0 Å². The Balaban J connectivity index is 2.72. The van der Waals surface area contributed by atoms with E-state index in [1.807, 2.05) is 25.1 Å². The summed E-state index contributed by atoms with van der Waals surface area (Å²) in [6.45, 7) is 7.52. The third-order valence-electron chi connectivity index (χ3n) is 2.14. The number of rotatable bonds is 6. The maximum Gasteiger partial charge on any atom is 0.218 e. The fraction of sp³-hybridized carbons (Fsp3) is 0.462. The summed E-state index contributed by atoms with van der Waals surface area (Å²) in [5.74, 6) is 0.694. The average molecular weight is 299 g/mol. The Morgan fingerprint density at radius 3 is 2.94 bits per heavy atom. The predicted molar refractivity (Wildman–Crippen MR) is 74.2 cm³/mol. The Labute approximate surface area is 111 Å². The minimum absolute atomic E-state index is 0.442. The van der Waals surface area contributed by atoms with Crippen molar-refractivity contribution in [3.05, 3.63) is 34.5 Å². The van der Waals surface area contributed by atoms with Crippen LogP contribution in [-0.4, -0.2) is 17.6 Å². The molecule has 1 aromatic heterocycles. The van der Waals surface area contributed by atoms with Crippen molar-refractivity contribution >= 4 is 15.9 Å². The van der Waals surface area contributed by atoms with Crippen LogP contribution in [0.5, 0.6) is 5.88 Å². The van der Waals surface area contributed by atoms with Crippen LogP contribution in [0.15, 0.2) is 28.9 Å². The zero-order valence-electron chi connectivity index (χ0n) is 10.5. The molecule has 0 saturated carbocycles. The molecule has 1 aromatic rings. The number of hydrogen-bond acceptors (Lipinski definition) is 3. The molecule has 0 saturated heterocycles. The number of ether oxygens (including phenoxy) is 1. The first-order valence-corrected chi connectivity index (χ1v) is 6.54. The van der Waals surface area contributed by atoms with Crippen molar-refractivity contribution in [1.82, 2.24) is 10.3 Å². The molecule has 4 heteroatoms. The van der Waals surface area contributed by atoms with E-state index < -0.39 is 0 Å². The highest BCUT2D eigenvalue weighted by Crippen LogP contribution is 2.20. The monoisotopic (exact) mass is 298 g/mol. The Bertz CT molecular complexity index is 378. The average Bonchev–Trinajstić information content (AvgIpc) is 2.29. The van der Waals surface area contributed by atoms with Crippen molar-refractivity contribution in [3.8, 4) is 5.88 Å². The number of nitrogens with one attached hydrogen (secondary N) is 1. The molecule has 94 valence electrons. The van der Waals surface area contributed by atoms with Crippen molar-refractivity contribution in [2.75, 3.05) is 6.61 Å². The molecule has 0 aromatic carbocycles. The first-order valence-electron chi connectivity index (χ1n) is 5.75. The molecule has 0 atom stereocenters. The van der Waals surface area contributed by atoms with Gasteiger partial charge in [-0.1, -0.05) is 26.0 Å². The quantitative estimate of drug-likeness (QED) is 0.818. The number of pyridine rings is 1. The van der Waals surface area contributed by atoms with Gasteiger partial charge in [-0.15, -0.1) is 0 Å². The smallest absolute Gasteiger partial charge is 0.218 e. The van der Waals surface area contributed by atoms with E-state index in [1.165, 1.54) is 0 Å². The Kier molecular flexibility index (Phi) is 6.22. The standard InChI is InChI=1S/C13H19BrN2O/c1-4-5-6-17-13-11(8-15-10(2)3)7-12(14)9-16-13/h4-5,7,9-10,15H,6,8H2,1-3H3/b5-4+. The number of halogens is 1. The van der Waals surface area contributed by atoms with Gasteiger partial charge >= 0.3 is 0 Å². The lowest BCUT2D eigenvalue weighted by atomic mass is 10.2. The molecular formula is C13H19BrN2O. The molecule has 0 spiro atoms. The van der Waals surface area contributed by atoms with E-state index in [0.29, 0.717) is 18.5 Å². The van der Waals surface area contributed by atoms with Gasteiger partial charge in [0.15, 0.2) is 0 Å². The van der Waals surface area contributed by atoms with Gasteiger partial charge in [0.1, 0.15) is 6.61 Å². The summed E-state index contributed by atoms with van der Waals surface area (Å²) >= 11 is 3.43. The van der Waals surface area contributed by atoms with E-state index in [0.717, 1.165) is 16.6 Å². The van der Waals surface area contributed by atoms with E-state index in [2.05, 4.69) is 40.1 Å². The van der Waals surface area contributed by atoms with Gasteiger partial charge in [0.25, 0.3) is 0 Å². The van der Waals surface area contributed by atoms with E-state index in [1.54, 1.807) is 6.20 Å². The number of aromatic nitrogens is 1. The first kappa shape index (κ1) is 14.2. The highest BCUT2D eigenvalue weighted by Gasteiger charge is 2.06. The third-order valence-corrected chi connectivity index (χ3v) is 2.58. The highest BCUT2D eigenvalue weighted by atomic mass is 79.9. The molecule has 3 nitrogen and oxygen atoms in total. The largest absolute Gasteiger partial charge is 0.473 e. The van der Waals surface area contributed by atoms with Gasteiger partial charge in [-0.3, -0.25) is 0 Å². The number of nitrogens with zero attached hydrogens (tertiary/aromatic N) is 1. The maximum absolute atomic E-state index is 5.61. The Hall–Kier alpha value is -0.870. The van der Waals surface area contributed by atoms with Gasteiger partial charge < -0.3 is 10.1 Å². The fourth-order valence-electron chi connectivity index (χ4n) is 1.26. The van der Waals surface area contributed by atoms with E-state index in [-0.39, 0.29) is 0 Å². The second kappa shape index (κ2) is 7.45. The van der Waals surface area contributed by atoms with Crippen LogP contribution >= 0.6 is 15.9 Å². The van der Waals surface area contributed by atoms with Crippen molar-refractivity contribution in [2.45, 2.75) is 33.4 Å². The van der Waals surface area contributed by atoms with Crippen LogP contribution in [0, 0.1) is 0 Å². The van der Waals surface area contributed by atoms with Crippen LogP contribution < -0.4 is 10.1 Å². The van der Waals surface area contributed by atoms with Gasteiger partial charge in [0.2, 0.25) is 5.88 Å². The molecule has 1 heterocycles. The molecule has 0 aliphatic heterocycles. The van der Waals surface area contributed by atoms with E-state index >= 15 is 0 Å². The number of allylic oxidation sites excluding steroid dienone is 1.